The van der Waals surface area contributed by atoms with Crippen molar-refractivity contribution in [2.24, 2.45) is 0 Å². The molecule has 0 atom stereocenters. The molecular weight excluding hydrogens is 650 g/mol. The number of hydrogen-bond donors (Lipinski definition) is 0. The van der Waals surface area contributed by atoms with Crippen LogP contribution < -0.4 is 9.97 Å². The van der Waals surface area contributed by atoms with Crippen molar-refractivity contribution in [3.63, 3.8) is 0 Å². The maximum Gasteiger partial charge on any atom is 2.00 e. The predicted octanol–water partition coefficient (Wildman–Crippen LogP) is 9.51. The van der Waals surface area contributed by atoms with Crippen molar-refractivity contribution in [1.82, 2.24) is 19.9 Å². The van der Waals surface area contributed by atoms with E-state index in [0.717, 1.165) is 66.2 Å². The fourth-order valence-electron chi connectivity index (χ4n) is 6.82. The molecule has 3 aromatic heterocycles. The maximum atomic E-state index is 6.20. The van der Waals surface area contributed by atoms with Crippen LogP contribution in [0.3, 0.4) is 0 Å². The molecule has 7 aromatic rings. The second kappa shape index (κ2) is 12.1. The summed E-state index contributed by atoms with van der Waals surface area (Å²) in [6.07, 6.45) is 20.3. The largest absolute Gasteiger partial charge is 2.00 e. The zero-order valence-corrected chi connectivity index (χ0v) is 29.3. The molecule has 4 nitrogen and oxygen atoms in total. The third kappa shape index (κ3) is 4.92. The summed E-state index contributed by atoms with van der Waals surface area (Å²) >= 11 is 0. The maximum absolute atomic E-state index is 6.20. The minimum absolute atomic E-state index is 0. The Balaban J connectivity index is 0.00000348. The van der Waals surface area contributed by atoms with Crippen LogP contribution in [0.15, 0.2) is 109 Å². The number of fused-ring (bicyclic) bond motifs is 10. The molecule has 222 valence electrons. The summed E-state index contributed by atoms with van der Waals surface area (Å²) in [7, 11) is 0. The van der Waals surface area contributed by atoms with Gasteiger partial charge in [-0.25, -0.2) is 9.97 Å². The van der Waals surface area contributed by atoms with E-state index < -0.39 is 0 Å². The van der Waals surface area contributed by atoms with Gasteiger partial charge in [0, 0.05) is 11.1 Å². The molecule has 4 aromatic carbocycles. The molecule has 0 N–H and O–H groups in total. The molecular formula is C44H24N4Zn. The van der Waals surface area contributed by atoms with Crippen LogP contribution in [-0.4, -0.2) is 9.97 Å². The molecule has 0 fully saturated rings. The van der Waals surface area contributed by atoms with E-state index in [2.05, 4.69) is 72.5 Å². The summed E-state index contributed by atoms with van der Waals surface area (Å²) in [6, 6.07) is 37.1. The van der Waals surface area contributed by atoms with Gasteiger partial charge < -0.3 is 9.97 Å². The molecule has 0 spiro atoms. The molecule has 2 aliphatic heterocycles. The Kier molecular flexibility index (Phi) is 7.42. The quantitative estimate of drug-likeness (QED) is 0.136. The van der Waals surface area contributed by atoms with Crippen molar-refractivity contribution in [2.45, 2.75) is 0 Å². The predicted molar refractivity (Wildman–Crippen MR) is 199 cm³/mol. The van der Waals surface area contributed by atoms with Crippen molar-refractivity contribution in [3.8, 4) is 46.9 Å². The third-order valence-corrected chi connectivity index (χ3v) is 9.02. The van der Waals surface area contributed by atoms with Crippen LogP contribution in [0.2, 0.25) is 0 Å². The van der Waals surface area contributed by atoms with Crippen LogP contribution in [0.4, 0.5) is 0 Å². The normalized spacial score (nSPS) is 11.7. The minimum atomic E-state index is 0. The van der Waals surface area contributed by atoms with Crippen molar-refractivity contribution in [1.29, 1.82) is 0 Å². The minimum Gasteiger partial charge on any atom is -0.656 e. The van der Waals surface area contributed by atoms with Gasteiger partial charge in [0.1, 0.15) is 0 Å². The summed E-state index contributed by atoms with van der Waals surface area (Å²) < 4.78 is 0. The number of hydrogen-bond acceptors (Lipinski definition) is 2. The molecule has 8 bridgehead atoms. The first-order valence-electron chi connectivity index (χ1n) is 15.7. The van der Waals surface area contributed by atoms with E-state index in [1.807, 2.05) is 72.8 Å². The molecule has 0 unspecified atom stereocenters. The van der Waals surface area contributed by atoms with Gasteiger partial charge in [-0.3, -0.25) is 0 Å². The summed E-state index contributed by atoms with van der Waals surface area (Å²) in [5, 5.41) is 4.45. The third-order valence-electron chi connectivity index (χ3n) is 9.02. The van der Waals surface area contributed by atoms with E-state index in [1.165, 1.54) is 0 Å². The SMILES string of the molecule is C#Cc1c2nc(c(-c3cccc4ccccc34)c3ccc([n-]3)c(C#C)c3nc(c(-c4cccc5ccccc45)c4ccc1[n-]4)C=C3)C=C2.[Zn+2]. The second-order valence-corrected chi connectivity index (χ2v) is 11.7. The Bertz CT molecular complexity index is 2610. The zero-order valence-electron chi connectivity index (χ0n) is 26.4. The fourth-order valence-corrected chi connectivity index (χ4v) is 6.82. The smallest absolute Gasteiger partial charge is 0.656 e. The van der Waals surface area contributed by atoms with Crippen LogP contribution in [-0.2, 0) is 19.5 Å². The van der Waals surface area contributed by atoms with E-state index in [-0.39, 0.29) is 19.5 Å². The standard InChI is InChI=1S/C44H24N4.Zn/c1-3-29-35-19-23-39(45-35)43(33-17-9-13-27-11-5-7-15-31(27)33)41-25-21-37(47-41)30(4-2)38-22-26-42(48-38)44(40-24-20-36(29)46-40)34-18-10-14-28-12-6-8-16-32(28)34;/h1-2,5-26H;/q-2;+2. The van der Waals surface area contributed by atoms with Crippen LogP contribution in [0.25, 0.3) is 90.2 Å². The zero-order chi connectivity index (χ0) is 32.2. The molecule has 0 saturated heterocycles. The van der Waals surface area contributed by atoms with Crippen molar-refractivity contribution < 1.29 is 19.5 Å². The Hall–Kier alpha value is -6.26. The van der Waals surface area contributed by atoms with E-state index in [9.17, 15) is 0 Å². The Morgan fingerprint density at radius 3 is 1.27 bits per heavy atom. The van der Waals surface area contributed by atoms with Gasteiger partial charge in [-0.05, 0) is 68.1 Å². The summed E-state index contributed by atoms with van der Waals surface area (Å²) in [5.41, 5.74) is 10.8. The van der Waals surface area contributed by atoms with Gasteiger partial charge in [-0.1, -0.05) is 121 Å². The van der Waals surface area contributed by atoms with Gasteiger partial charge in [0.2, 0.25) is 0 Å². The van der Waals surface area contributed by atoms with Gasteiger partial charge in [0.15, 0.2) is 0 Å². The summed E-state index contributed by atoms with van der Waals surface area (Å²) in [6.45, 7) is 0. The first-order chi connectivity index (χ1) is 23.7. The number of rotatable bonds is 2. The number of terminal acetylenes is 2. The fraction of sp³-hybridized carbons (Fsp3) is 0. The topological polar surface area (TPSA) is 54.0 Å². The summed E-state index contributed by atoms with van der Waals surface area (Å²) in [4.78, 5) is 20.5. The van der Waals surface area contributed by atoms with Gasteiger partial charge >= 0.3 is 19.5 Å². The number of benzene rings is 4. The first kappa shape index (κ1) is 30.1. The average Bonchev–Trinajstić information content (AvgIpc) is 3.96. The van der Waals surface area contributed by atoms with E-state index >= 15 is 0 Å². The molecule has 2 aliphatic rings. The van der Waals surface area contributed by atoms with E-state index in [4.69, 9.17) is 32.8 Å². The first-order valence-corrected chi connectivity index (χ1v) is 15.7. The average molecular weight is 674 g/mol. The van der Waals surface area contributed by atoms with Crippen LogP contribution in [0.5, 0.6) is 0 Å². The molecule has 0 amide bonds. The monoisotopic (exact) mass is 672 g/mol. The Labute approximate surface area is 296 Å². The Morgan fingerprint density at radius 2 is 0.816 bits per heavy atom. The molecule has 0 saturated carbocycles. The number of aromatic nitrogens is 4. The van der Waals surface area contributed by atoms with Gasteiger partial charge in [0.25, 0.3) is 0 Å². The Morgan fingerprint density at radius 1 is 0.429 bits per heavy atom. The van der Waals surface area contributed by atoms with Crippen LogP contribution >= 0.6 is 0 Å². The molecule has 49 heavy (non-hydrogen) atoms. The molecule has 5 heteroatoms. The van der Waals surface area contributed by atoms with Crippen molar-refractivity contribution in [3.05, 3.63) is 143 Å². The second-order valence-electron chi connectivity index (χ2n) is 11.7. The van der Waals surface area contributed by atoms with Crippen LogP contribution in [0, 0.1) is 24.7 Å². The van der Waals surface area contributed by atoms with Crippen molar-refractivity contribution in [2.75, 3.05) is 0 Å². The van der Waals surface area contributed by atoms with E-state index in [0.29, 0.717) is 33.5 Å². The van der Waals surface area contributed by atoms with Gasteiger partial charge in [-0.2, -0.15) is 0 Å². The molecule has 9 rings (SSSR count). The molecule has 0 aliphatic carbocycles. The van der Waals surface area contributed by atoms with E-state index in [1.54, 1.807) is 0 Å². The summed E-state index contributed by atoms with van der Waals surface area (Å²) in [5.74, 6) is 5.79. The van der Waals surface area contributed by atoms with Crippen LogP contribution in [0.1, 0.15) is 33.9 Å². The van der Waals surface area contributed by atoms with Crippen molar-refractivity contribution >= 4 is 67.9 Å². The van der Waals surface area contributed by atoms with Gasteiger partial charge in [0.05, 0.1) is 22.8 Å². The molecule has 0 radical (unpaired) electrons. The van der Waals surface area contributed by atoms with Gasteiger partial charge in [-0.15, -0.1) is 34.9 Å². The number of nitrogens with zero attached hydrogens (tertiary/aromatic N) is 4. The molecule has 5 heterocycles.